The summed E-state index contributed by atoms with van der Waals surface area (Å²) >= 11 is 0. The highest BCUT2D eigenvalue weighted by Crippen LogP contribution is 2.40. The Labute approximate surface area is 213 Å². The Balaban J connectivity index is 1.48. The number of hydrogen-bond acceptors (Lipinski definition) is 5. The first-order valence-electron chi connectivity index (χ1n) is 12.1. The Morgan fingerprint density at radius 1 is 0.974 bits per heavy atom. The Bertz CT molecular complexity index is 1390. The van der Waals surface area contributed by atoms with Gasteiger partial charge in [0.25, 0.3) is 0 Å². The minimum atomic E-state index is -4.81. The molecule has 2 aromatic heterocycles. The number of carbonyl (C=O) groups excluding carboxylic acids is 1. The number of hydrogen-bond donors (Lipinski definition) is 1. The van der Waals surface area contributed by atoms with Gasteiger partial charge in [-0.1, -0.05) is 0 Å². The maximum atomic E-state index is 14.6. The first-order valence-corrected chi connectivity index (χ1v) is 12.1. The van der Waals surface area contributed by atoms with Crippen LogP contribution in [0.2, 0.25) is 0 Å². The molecule has 1 N–H and O–H groups in total. The van der Waals surface area contributed by atoms with Crippen LogP contribution in [0.3, 0.4) is 0 Å². The monoisotopic (exact) mass is 541 g/mol. The van der Waals surface area contributed by atoms with Crippen LogP contribution in [0.4, 0.5) is 37.1 Å². The molecule has 3 heterocycles. The van der Waals surface area contributed by atoms with Crippen LogP contribution in [0.5, 0.6) is 0 Å². The second-order valence-electron chi connectivity index (χ2n) is 10.7. The quantitative estimate of drug-likeness (QED) is 0.331. The predicted molar refractivity (Wildman–Crippen MR) is 125 cm³/mol. The van der Waals surface area contributed by atoms with Crippen LogP contribution in [-0.2, 0) is 10.9 Å². The molecule has 1 saturated heterocycles. The Morgan fingerprint density at radius 2 is 1.61 bits per heavy atom. The van der Waals surface area contributed by atoms with Crippen molar-refractivity contribution >= 4 is 17.7 Å². The molecule has 1 aromatic carbocycles. The number of amides is 1. The molecule has 0 spiro atoms. The number of nitrogens with one attached hydrogen (secondary N) is 1. The van der Waals surface area contributed by atoms with Gasteiger partial charge in [0.2, 0.25) is 5.95 Å². The number of aromatic nitrogens is 3. The van der Waals surface area contributed by atoms with Gasteiger partial charge < -0.3 is 15.0 Å². The van der Waals surface area contributed by atoms with E-state index in [1.165, 1.54) is 0 Å². The molecule has 1 amide bonds. The van der Waals surface area contributed by atoms with E-state index in [2.05, 4.69) is 15.4 Å². The van der Waals surface area contributed by atoms with Gasteiger partial charge in [0.15, 0.2) is 23.1 Å². The normalized spacial score (nSPS) is 21.7. The van der Waals surface area contributed by atoms with E-state index in [4.69, 9.17) is 4.74 Å². The molecule has 2 atom stereocenters. The third kappa shape index (κ3) is 4.73. The van der Waals surface area contributed by atoms with Gasteiger partial charge in [0, 0.05) is 30.3 Å². The van der Waals surface area contributed by atoms with Crippen molar-refractivity contribution in [1.29, 1.82) is 0 Å². The molecular formula is C25H25F6N5O2. The minimum Gasteiger partial charge on any atom is -0.444 e. The lowest BCUT2D eigenvalue weighted by Crippen LogP contribution is -2.51. The van der Waals surface area contributed by atoms with E-state index in [0.717, 1.165) is 25.0 Å². The molecule has 1 saturated carbocycles. The fourth-order valence-corrected chi connectivity index (χ4v) is 5.26. The molecule has 13 heteroatoms. The van der Waals surface area contributed by atoms with Crippen molar-refractivity contribution in [1.82, 2.24) is 19.5 Å². The van der Waals surface area contributed by atoms with Crippen molar-refractivity contribution in [2.45, 2.75) is 51.4 Å². The number of fused-ring (bicyclic) bond motifs is 3. The lowest BCUT2D eigenvalue weighted by molar-refractivity contribution is -0.142. The molecule has 2 unspecified atom stereocenters. The van der Waals surface area contributed by atoms with Crippen molar-refractivity contribution in [2.24, 2.45) is 11.8 Å². The molecule has 38 heavy (non-hydrogen) atoms. The Hall–Kier alpha value is -3.51. The Morgan fingerprint density at radius 3 is 2.21 bits per heavy atom. The number of carbonyl (C=O) groups is 1. The summed E-state index contributed by atoms with van der Waals surface area (Å²) in [5.74, 6) is -4.87. The zero-order valence-corrected chi connectivity index (χ0v) is 20.7. The van der Waals surface area contributed by atoms with Gasteiger partial charge in [-0.25, -0.2) is 22.5 Å². The molecule has 1 aliphatic heterocycles. The highest BCUT2D eigenvalue weighted by molar-refractivity contribution is 5.79. The van der Waals surface area contributed by atoms with Gasteiger partial charge in [-0.2, -0.15) is 18.2 Å². The largest absolute Gasteiger partial charge is 0.444 e. The Kier molecular flexibility index (Phi) is 6.22. The molecule has 0 radical (unpaired) electrons. The molecule has 5 rings (SSSR count). The SMILES string of the molecule is CC(C)(C)OC(=O)N1CC2CCC(C1)C2Nc1nc2c(-c3ccc(F)c(F)c3F)ccc(C(F)(F)F)n2n1. The summed E-state index contributed by atoms with van der Waals surface area (Å²) in [4.78, 5) is 18.4. The predicted octanol–water partition coefficient (Wildman–Crippen LogP) is 5.89. The molecule has 2 aliphatic rings. The topological polar surface area (TPSA) is 71.8 Å². The highest BCUT2D eigenvalue weighted by Gasteiger charge is 2.45. The van der Waals surface area contributed by atoms with Crippen molar-refractivity contribution < 1.29 is 35.9 Å². The van der Waals surface area contributed by atoms with Crippen LogP contribution in [-0.4, -0.2) is 50.3 Å². The third-order valence-corrected chi connectivity index (χ3v) is 6.88. The maximum absolute atomic E-state index is 14.6. The van der Waals surface area contributed by atoms with E-state index in [0.29, 0.717) is 29.7 Å². The van der Waals surface area contributed by atoms with Gasteiger partial charge >= 0.3 is 12.3 Å². The summed E-state index contributed by atoms with van der Waals surface area (Å²) in [5, 5.41) is 7.12. The van der Waals surface area contributed by atoms with Crippen LogP contribution in [0.15, 0.2) is 24.3 Å². The van der Waals surface area contributed by atoms with Gasteiger partial charge in [0.1, 0.15) is 11.3 Å². The lowest BCUT2D eigenvalue weighted by Gasteiger charge is -2.38. The number of alkyl halides is 3. The van der Waals surface area contributed by atoms with Crippen LogP contribution < -0.4 is 5.32 Å². The van der Waals surface area contributed by atoms with Crippen molar-refractivity contribution in [3.63, 3.8) is 0 Å². The number of pyridine rings is 1. The van der Waals surface area contributed by atoms with Crippen LogP contribution in [0.25, 0.3) is 16.8 Å². The van der Waals surface area contributed by atoms with E-state index in [9.17, 15) is 31.1 Å². The number of nitrogens with zero attached hydrogens (tertiary/aromatic N) is 4. The molecule has 2 fully saturated rings. The summed E-state index contributed by atoms with van der Waals surface area (Å²) < 4.78 is 89.2. The number of piperidine rings is 1. The zero-order valence-electron chi connectivity index (χ0n) is 20.7. The molecule has 2 bridgehead atoms. The summed E-state index contributed by atoms with van der Waals surface area (Å²) in [6, 6.07) is 3.04. The number of rotatable bonds is 3. The van der Waals surface area contributed by atoms with Crippen molar-refractivity contribution in [3.8, 4) is 11.1 Å². The lowest BCUT2D eigenvalue weighted by atomic mass is 9.92. The second-order valence-corrected chi connectivity index (χ2v) is 10.7. The second kappa shape index (κ2) is 9.05. The molecule has 3 aromatic rings. The number of ether oxygens (including phenoxy) is 1. The molecule has 1 aliphatic carbocycles. The molecule has 7 nitrogen and oxygen atoms in total. The van der Waals surface area contributed by atoms with E-state index < -0.39 is 46.6 Å². The van der Waals surface area contributed by atoms with Crippen molar-refractivity contribution in [3.05, 3.63) is 47.4 Å². The summed E-state index contributed by atoms with van der Waals surface area (Å²) in [5.41, 5.74) is -2.81. The van der Waals surface area contributed by atoms with Crippen LogP contribution in [0, 0.1) is 29.3 Å². The minimum absolute atomic E-state index is 0.0157. The molecular weight excluding hydrogens is 516 g/mol. The van der Waals surface area contributed by atoms with E-state index in [1.807, 2.05) is 0 Å². The summed E-state index contributed by atoms with van der Waals surface area (Å²) in [6.45, 7) is 6.13. The number of halogens is 6. The van der Waals surface area contributed by atoms with Crippen molar-refractivity contribution in [2.75, 3.05) is 18.4 Å². The fourth-order valence-electron chi connectivity index (χ4n) is 5.26. The first kappa shape index (κ1) is 26.1. The first-order chi connectivity index (χ1) is 17.7. The summed E-state index contributed by atoms with van der Waals surface area (Å²) in [6.07, 6.45) is -3.67. The molecule has 204 valence electrons. The van der Waals surface area contributed by atoms with E-state index >= 15 is 0 Å². The average Bonchev–Trinajstić information content (AvgIpc) is 3.31. The number of likely N-dealkylation sites (tertiary alicyclic amines) is 1. The van der Waals surface area contributed by atoms with Gasteiger partial charge in [-0.3, -0.25) is 0 Å². The van der Waals surface area contributed by atoms with E-state index in [-0.39, 0.29) is 35.0 Å². The fraction of sp³-hybridized carbons (Fsp3) is 0.480. The standard InChI is InChI=1S/C25H25F6N5O2/c1-24(2,3)38-23(37)35-10-12-4-5-13(11-35)20(12)32-22-33-21-15(14-6-8-16(26)19(28)18(14)27)7-9-17(25(29,30)31)36(21)34-22/h6-9,12-13,20H,4-5,10-11H2,1-3H3,(H,32,34). The van der Waals surface area contributed by atoms with Crippen LogP contribution >= 0.6 is 0 Å². The third-order valence-electron chi connectivity index (χ3n) is 6.88. The van der Waals surface area contributed by atoms with Gasteiger partial charge in [-0.15, -0.1) is 5.10 Å². The smallest absolute Gasteiger partial charge is 0.433 e. The zero-order chi connectivity index (χ0) is 27.6. The average molecular weight is 541 g/mol. The maximum Gasteiger partial charge on any atom is 0.433 e. The van der Waals surface area contributed by atoms with E-state index in [1.54, 1.807) is 25.7 Å². The summed E-state index contributed by atoms with van der Waals surface area (Å²) in [7, 11) is 0. The van der Waals surface area contributed by atoms with Crippen LogP contribution in [0.1, 0.15) is 39.3 Å². The van der Waals surface area contributed by atoms with Gasteiger partial charge in [0.05, 0.1) is 0 Å². The highest BCUT2D eigenvalue weighted by atomic mass is 19.4. The number of benzene rings is 1. The number of anilines is 1. The van der Waals surface area contributed by atoms with Gasteiger partial charge in [-0.05, 0) is 69.7 Å².